The summed E-state index contributed by atoms with van der Waals surface area (Å²) in [4.78, 5) is 2.64. The van der Waals surface area contributed by atoms with Crippen LogP contribution in [0.25, 0.3) is 0 Å². The van der Waals surface area contributed by atoms with Crippen molar-refractivity contribution in [3.05, 3.63) is 35.9 Å². The summed E-state index contributed by atoms with van der Waals surface area (Å²) in [7, 11) is 0. The molecule has 0 bridgehead atoms. The molecule has 2 heteroatoms. The van der Waals surface area contributed by atoms with E-state index in [-0.39, 0.29) is 0 Å². The standard InChI is InChI=1S/C17H28N2/c1-14(2)18-12-16(15-8-6-5-7-9-15)19-11-10-17(3,4)13-19/h5-9,14,16,18H,10-13H2,1-4H3. The van der Waals surface area contributed by atoms with Gasteiger partial charge in [0.05, 0.1) is 0 Å². The second-order valence-electron chi connectivity index (χ2n) is 6.87. The van der Waals surface area contributed by atoms with E-state index in [0.29, 0.717) is 17.5 Å². The summed E-state index contributed by atoms with van der Waals surface area (Å²) >= 11 is 0. The second-order valence-corrected chi connectivity index (χ2v) is 6.87. The maximum absolute atomic E-state index is 3.61. The molecule has 0 radical (unpaired) electrons. The fourth-order valence-corrected chi connectivity index (χ4v) is 2.90. The lowest BCUT2D eigenvalue weighted by Gasteiger charge is -2.30. The van der Waals surface area contributed by atoms with E-state index in [1.807, 2.05) is 0 Å². The van der Waals surface area contributed by atoms with Crippen LogP contribution in [0.3, 0.4) is 0 Å². The van der Waals surface area contributed by atoms with Gasteiger partial charge in [-0.05, 0) is 23.9 Å². The molecule has 0 aliphatic carbocycles. The number of benzene rings is 1. The number of nitrogens with zero attached hydrogens (tertiary/aromatic N) is 1. The van der Waals surface area contributed by atoms with Gasteiger partial charge in [0.15, 0.2) is 0 Å². The van der Waals surface area contributed by atoms with Crippen LogP contribution < -0.4 is 5.32 Å². The number of hydrogen-bond acceptors (Lipinski definition) is 2. The van der Waals surface area contributed by atoms with E-state index in [4.69, 9.17) is 0 Å². The molecule has 1 heterocycles. The lowest BCUT2D eigenvalue weighted by atomic mass is 9.93. The van der Waals surface area contributed by atoms with Crippen molar-refractivity contribution in [3.8, 4) is 0 Å². The number of nitrogens with one attached hydrogen (secondary N) is 1. The van der Waals surface area contributed by atoms with Gasteiger partial charge in [0.25, 0.3) is 0 Å². The monoisotopic (exact) mass is 260 g/mol. The Kier molecular flexibility index (Phi) is 4.64. The van der Waals surface area contributed by atoms with Crippen LogP contribution in [0.1, 0.15) is 45.7 Å². The van der Waals surface area contributed by atoms with Crippen molar-refractivity contribution in [3.63, 3.8) is 0 Å². The predicted octanol–water partition coefficient (Wildman–Crippen LogP) is 3.46. The first kappa shape index (κ1) is 14.5. The van der Waals surface area contributed by atoms with Gasteiger partial charge in [0.1, 0.15) is 0 Å². The van der Waals surface area contributed by atoms with Gasteiger partial charge in [0.2, 0.25) is 0 Å². The molecule has 1 N–H and O–H groups in total. The Labute approximate surface area is 118 Å². The molecule has 2 rings (SSSR count). The summed E-state index contributed by atoms with van der Waals surface area (Å²) in [6, 6.07) is 12.0. The Balaban J connectivity index is 2.11. The molecule has 19 heavy (non-hydrogen) atoms. The van der Waals surface area contributed by atoms with Crippen LogP contribution in [0.2, 0.25) is 0 Å². The van der Waals surface area contributed by atoms with E-state index in [1.54, 1.807) is 0 Å². The van der Waals surface area contributed by atoms with Crippen LogP contribution in [0.5, 0.6) is 0 Å². The first-order chi connectivity index (χ1) is 8.98. The highest BCUT2D eigenvalue weighted by Gasteiger charge is 2.33. The van der Waals surface area contributed by atoms with Crippen molar-refractivity contribution in [2.45, 2.75) is 46.2 Å². The molecule has 1 aromatic rings. The first-order valence-electron chi connectivity index (χ1n) is 7.50. The summed E-state index contributed by atoms with van der Waals surface area (Å²) in [6.45, 7) is 12.7. The molecule has 0 aromatic heterocycles. The third-order valence-corrected chi connectivity index (χ3v) is 4.05. The van der Waals surface area contributed by atoms with Gasteiger partial charge in [-0.25, -0.2) is 0 Å². The smallest absolute Gasteiger partial charge is 0.0472 e. The number of likely N-dealkylation sites (tertiary alicyclic amines) is 1. The number of rotatable bonds is 5. The van der Waals surface area contributed by atoms with Gasteiger partial charge in [-0.3, -0.25) is 4.90 Å². The minimum absolute atomic E-state index is 0.463. The van der Waals surface area contributed by atoms with E-state index >= 15 is 0 Å². The lowest BCUT2D eigenvalue weighted by molar-refractivity contribution is 0.211. The lowest BCUT2D eigenvalue weighted by Crippen LogP contribution is -2.37. The van der Waals surface area contributed by atoms with Gasteiger partial charge in [-0.1, -0.05) is 58.0 Å². The van der Waals surface area contributed by atoms with Crippen LogP contribution >= 0.6 is 0 Å². The molecular formula is C17H28N2. The quantitative estimate of drug-likeness (QED) is 0.872. The first-order valence-corrected chi connectivity index (χ1v) is 7.50. The van der Waals surface area contributed by atoms with Crippen LogP contribution in [-0.4, -0.2) is 30.6 Å². The zero-order valence-corrected chi connectivity index (χ0v) is 12.8. The van der Waals surface area contributed by atoms with Crippen molar-refractivity contribution in [2.75, 3.05) is 19.6 Å². The van der Waals surface area contributed by atoms with Crippen LogP contribution in [0.15, 0.2) is 30.3 Å². The van der Waals surface area contributed by atoms with Gasteiger partial charge in [-0.2, -0.15) is 0 Å². The molecule has 0 amide bonds. The summed E-state index contributed by atoms with van der Waals surface area (Å²) < 4.78 is 0. The SMILES string of the molecule is CC(C)NCC(c1ccccc1)N1CCC(C)(C)C1. The topological polar surface area (TPSA) is 15.3 Å². The molecule has 1 aliphatic heterocycles. The molecule has 0 spiro atoms. The molecular weight excluding hydrogens is 232 g/mol. The maximum Gasteiger partial charge on any atom is 0.0472 e. The van der Waals surface area contributed by atoms with E-state index in [9.17, 15) is 0 Å². The zero-order chi connectivity index (χ0) is 13.9. The van der Waals surface area contributed by atoms with Crippen molar-refractivity contribution in [2.24, 2.45) is 5.41 Å². The Morgan fingerprint density at radius 3 is 2.42 bits per heavy atom. The van der Waals surface area contributed by atoms with E-state index in [0.717, 1.165) is 6.54 Å². The van der Waals surface area contributed by atoms with E-state index < -0.39 is 0 Å². The highest BCUT2D eigenvalue weighted by atomic mass is 15.2. The zero-order valence-electron chi connectivity index (χ0n) is 12.8. The predicted molar refractivity (Wildman–Crippen MR) is 82.3 cm³/mol. The fourth-order valence-electron chi connectivity index (χ4n) is 2.90. The van der Waals surface area contributed by atoms with Crippen molar-refractivity contribution < 1.29 is 0 Å². The Morgan fingerprint density at radius 2 is 1.89 bits per heavy atom. The third-order valence-electron chi connectivity index (χ3n) is 4.05. The molecule has 2 nitrogen and oxygen atoms in total. The molecule has 1 aliphatic rings. The Bertz CT molecular complexity index is 384. The Hall–Kier alpha value is -0.860. The van der Waals surface area contributed by atoms with E-state index in [2.05, 4.69) is 68.2 Å². The average Bonchev–Trinajstić information content (AvgIpc) is 2.71. The van der Waals surface area contributed by atoms with Gasteiger partial charge < -0.3 is 5.32 Å². The van der Waals surface area contributed by atoms with E-state index in [1.165, 1.54) is 25.1 Å². The fraction of sp³-hybridized carbons (Fsp3) is 0.647. The molecule has 1 atom stereocenters. The average molecular weight is 260 g/mol. The van der Waals surface area contributed by atoms with Crippen LogP contribution in [0, 0.1) is 5.41 Å². The largest absolute Gasteiger partial charge is 0.313 e. The molecule has 0 saturated carbocycles. The minimum Gasteiger partial charge on any atom is -0.313 e. The summed E-state index contributed by atoms with van der Waals surface area (Å²) in [5.41, 5.74) is 1.90. The highest BCUT2D eigenvalue weighted by Crippen LogP contribution is 2.34. The molecule has 1 unspecified atom stereocenters. The van der Waals surface area contributed by atoms with Crippen molar-refractivity contribution >= 4 is 0 Å². The molecule has 106 valence electrons. The Morgan fingerprint density at radius 1 is 1.21 bits per heavy atom. The summed E-state index contributed by atoms with van der Waals surface area (Å²) in [5, 5.41) is 3.61. The number of hydrogen-bond donors (Lipinski definition) is 1. The summed E-state index contributed by atoms with van der Waals surface area (Å²) in [5.74, 6) is 0. The highest BCUT2D eigenvalue weighted by molar-refractivity contribution is 5.20. The molecule has 1 saturated heterocycles. The van der Waals surface area contributed by atoms with Crippen LogP contribution in [0.4, 0.5) is 0 Å². The minimum atomic E-state index is 0.463. The van der Waals surface area contributed by atoms with Gasteiger partial charge in [0, 0.05) is 25.2 Å². The maximum atomic E-state index is 3.61. The van der Waals surface area contributed by atoms with Crippen LogP contribution in [-0.2, 0) is 0 Å². The normalized spacial score (nSPS) is 20.9. The molecule has 1 fully saturated rings. The van der Waals surface area contributed by atoms with Gasteiger partial charge >= 0.3 is 0 Å². The van der Waals surface area contributed by atoms with Crippen molar-refractivity contribution in [1.82, 2.24) is 10.2 Å². The summed E-state index contributed by atoms with van der Waals surface area (Å²) in [6.07, 6.45) is 1.30. The molecule has 1 aromatic carbocycles. The van der Waals surface area contributed by atoms with Gasteiger partial charge in [-0.15, -0.1) is 0 Å². The second kappa shape index (κ2) is 6.06. The third kappa shape index (κ3) is 4.05. The van der Waals surface area contributed by atoms with Crippen molar-refractivity contribution in [1.29, 1.82) is 0 Å².